The molecule has 2 rings (SSSR count). The molecule has 2 amide bonds. The molecular formula is C20H24ClN4O4+. The van der Waals surface area contributed by atoms with Crippen molar-refractivity contribution in [3.63, 3.8) is 0 Å². The number of nitrogens with zero attached hydrogens (tertiary/aromatic N) is 1. The fourth-order valence-corrected chi connectivity index (χ4v) is 3.12. The monoisotopic (exact) mass is 419 g/mol. The van der Waals surface area contributed by atoms with Crippen molar-refractivity contribution in [2.24, 2.45) is 0 Å². The van der Waals surface area contributed by atoms with Gasteiger partial charge in [0.1, 0.15) is 5.02 Å². The van der Waals surface area contributed by atoms with Gasteiger partial charge in [0, 0.05) is 23.9 Å². The van der Waals surface area contributed by atoms with E-state index in [1.54, 1.807) is 7.05 Å². The van der Waals surface area contributed by atoms with Crippen LogP contribution in [0.25, 0.3) is 0 Å². The highest BCUT2D eigenvalue weighted by atomic mass is 35.5. The van der Waals surface area contributed by atoms with Gasteiger partial charge >= 0.3 is 0 Å². The van der Waals surface area contributed by atoms with E-state index in [0.717, 1.165) is 12.0 Å². The summed E-state index contributed by atoms with van der Waals surface area (Å²) in [5.41, 5.74) is 0.699. The van der Waals surface area contributed by atoms with Gasteiger partial charge in [-0.3, -0.25) is 19.7 Å². The van der Waals surface area contributed by atoms with Crippen molar-refractivity contribution in [2.75, 3.05) is 25.5 Å². The number of nitro groups is 1. The topological polar surface area (TPSA) is 106 Å². The summed E-state index contributed by atoms with van der Waals surface area (Å²) in [6, 6.07) is 12.5. The molecule has 0 radical (unpaired) electrons. The zero-order chi connectivity index (χ0) is 21.4. The molecule has 8 nitrogen and oxygen atoms in total. The molecule has 2 aromatic carbocycles. The van der Waals surface area contributed by atoms with Crippen LogP contribution in [-0.2, 0) is 9.59 Å². The van der Waals surface area contributed by atoms with Gasteiger partial charge < -0.3 is 15.5 Å². The molecule has 0 saturated heterocycles. The predicted octanol–water partition coefficient (Wildman–Crippen LogP) is 1.97. The maximum atomic E-state index is 13.0. The highest BCUT2D eigenvalue weighted by Crippen LogP contribution is 2.27. The number of benzene rings is 2. The summed E-state index contributed by atoms with van der Waals surface area (Å²) >= 11 is 5.83. The summed E-state index contributed by atoms with van der Waals surface area (Å²) < 4.78 is 0. The number of rotatable bonds is 9. The fraction of sp³-hybridized carbons (Fsp3) is 0.300. The molecule has 0 heterocycles. The minimum absolute atomic E-state index is 0.0112. The lowest BCUT2D eigenvalue weighted by atomic mass is 10.0. The molecule has 0 saturated carbocycles. The average molecular weight is 420 g/mol. The van der Waals surface area contributed by atoms with E-state index in [4.69, 9.17) is 11.6 Å². The van der Waals surface area contributed by atoms with Crippen LogP contribution in [0.15, 0.2) is 48.5 Å². The molecule has 0 aliphatic heterocycles. The van der Waals surface area contributed by atoms with Crippen molar-refractivity contribution in [2.45, 2.75) is 19.4 Å². The highest BCUT2D eigenvalue weighted by molar-refractivity contribution is 6.32. The van der Waals surface area contributed by atoms with Crippen LogP contribution in [0.1, 0.15) is 24.9 Å². The first-order valence-electron chi connectivity index (χ1n) is 9.22. The van der Waals surface area contributed by atoms with E-state index in [2.05, 4.69) is 10.6 Å². The molecule has 0 aliphatic carbocycles. The average Bonchev–Trinajstić information content (AvgIpc) is 2.68. The third-order valence-corrected chi connectivity index (χ3v) is 4.63. The fourth-order valence-electron chi connectivity index (χ4n) is 2.93. The zero-order valence-corrected chi connectivity index (χ0v) is 17.0. The molecule has 29 heavy (non-hydrogen) atoms. The van der Waals surface area contributed by atoms with E-state index in [1.807, 2.05) is 37.3 Å². The zero-order valence-electron chi connectivity index (χ0n) is 16.3. The number of likely N-dealkylation sites (N-methyl/N-ethyl adjacent to an activating group) is 1. The van der Waals surface area contributed by atoms with Crippen LogP contribution in [0.2, 0.25) is 5.02 Å². The van der Waals surface area contributed by atoms with Gasteiger partial charge in [-0.1, -0.05) is 48.9 Å². The van der Waals surface area contributed by atoms with Crippen molar-refractivity contribution in [3.8, 4) is 0 Å². The van der Waals surface area contributed by atoms with Gasteiger partial charge in [-0.25, -0.2) is 0 Å². The van der Waals surface area contributed by atoms with Gasteiger partial charge in [0.05, 0.1) is 12.0 Å². The first-order chi connectivity index (χ1) is 13.8. The minimum atomic E-state index is -0.682. The Bertz CT molecular complexity index is 876. The van der Waals surface area contributed by atoms with Crippen molar-refractivity contribution in [1.29, 1.82) is 0 Å². The number of quaternary nitrogens is 1. The summed E-state index contributed by atoms with van der Waals surface area (Å²) in [5, 5.41) is 16.6. The normalized spacial score (nSPS) is 12.7. The van der Waals surface area contributed by atoms with Crippen molar-refractivity contribution in [3.05, 3.63) is 69.2 Å². The first kappa shape index (κ1) is 22.3. The predicted molar refractivity (Wildman–Crippen MR) is 111 cm³/mol. The third kappa shape index (κ3) is 6.27. The quantitative estimate of drug-likeness (QED) is 0.426. The number of hydrogen-bond donors (Lipinski definition) is 3. The SMILES string of the molecule is CCCNC(=O)C[NH+](C)[C@@H](C(=O)Nc1ccc(Cl)c([N+](=O)[O-])c1)c1ccccc1. The molecule has 3 N–H and O–H groups in total. The number of hydrogen-bond acceptors (Lipinski definition) is 4. The van der Waals surface area contributed by atoms with E-state index < -0.39 is 11.0 Å². The molecule has 1 unspecified atom stereocenters. The molecule has 2 aromatic rings. The second kappa shape index (κ2) is 10.5. The van der Waals surface area contributed by atoms with Crippen molar-refractivity contribution < 1.29 is 19.4 Å². The Morgan fingerprint density at radius 1 is 1.21 bits per heavy atom. The molecule has 0 spiro atoms. The van der Waals surface area contributed by atoms with E-state index in [0.29, 0.717) is 11.4 Å². The molecule has 0 aromatic heterocycles. The van der Waals surface area contributed by atoms with Crippen LogP contribution in [0.4, 0.5) is 11.4 Å². The standard InChI is InChI=1S/C20H23ClN4O4/c1-3-11-22-18(26)13-24(2)19(14-7-5-4-6-8-14)20(27)23-15-9-10-16(21)17(12-15)25(28)29/h4-10,12,19H,3,11,13H2,1-2H3,(H,22,26)(H,23,27)/p+1/t19-/m1/s1. The van der Waals surface area contributed by atoms with Crippen LogP contribution in [0.3, 0.4) is 0 Å². The lowest BCUT2D eigenvalue weighted by Gasteiger charge is -2.24. The summed E-state index contributed by atoms with van der Waals surface area (Å²) in [4.78, 5) is 36.3. The van der Waals surface area contributed by atoms with Gasteiger partial charge in [-0.15, -0.1) is 0 Å². The van der Waals surface area contributed by atoms with E-state index >= 15 is 0 Å². The number of nitro benzene ring substituents is 1. The van der Waals surface area contributed by atoms with Crippen LogP contribution in [0.5, 0.6) is 0 Å². The lowest BCUT2D eigenvalue weighted by molar-refractivity contribution is -0.894. The molecule has 0 fully saturated rings. The first-order valence-corrected chi connectivity index (χ1v) is 9.60. The number of amides is 2. The second-order valence-electron chi connectivity index (χ2n) is 6.63. The number of nitrogens with one attached hydrogen (secondary N) is 3. The second-order valence-corrected chi connectivity index (χ2v) is 7.04. The Morgan fingerprint density at radius 3 is 2.52 bits per heavy atom. The van der Waals surface area contributed by atoms with Gasteiger partial charge in [0.2, 0.25) is 0 Å². The maximum absolute atomic E-state index is 13.0. The summed E-state index contributed by atoms with van der Waals surface area (Å²) in [5.74, 6) is -0.533. The third-order valence-electron chi connectivity index (χ3n) is 4.31. The highest BCUT2D eigenvalue weighted by Gasteiger charge is 2.30. The summed E-state index contributed by atoms with van der Waals surface area (Å²) in [6.45, 7) is 2.64. The molecule has 154 valence electrons. The summed E-state index contributed by atoms with van der Waals surface area (Å²) in [6.07, 6.45) is 0.822. The van der Waals surface area contributed by atoms with Gasteiger partial charge in [0.15, 0.2) is 12.6 Å². The lowest BCUT2D eigenvalue weighted by Crippen LogP contribution is -3.11. The van der Waals surface area contributed by atoms with Crippen LogP contribution >= 0.6 is 11.6 Å². The largest absolute Gasteiger partial charge is 0.351 e. The number of carbonyl (C=O) groups is 2. The number of anilines is 1. The Morgan fingerprint density at radius 2 is 1.90 bits per heavy atom. The van der Waals surface area contributed by atoms with Gasteiger partial charge in [-0.05, 0) is 18.6 Å². The maximum Gasteiger partial charge on any atom is 0.289 e. The van der Waals surface area contributed by atoms with Crippen LogP contribution < -0.4 is 15.5 Å². The molecule has 9 heteroatoms. The Labute approximate surface area is 174 Å². The van der Waals surface area contributed by atoms with E-state index in [9.17, 15) is 19.7 Å². The molecule has 0 bridgehead atoms. The number of halogens is 1. The van der Waals surface area contributed by atoms with E-state index in [1.165, 1.54) is 18.2 Å². The van der Waals surface area contributed by atoms with Crippen molar-refractivity contribution >= 4 is 34.8 Å². The molecule has 0 aliphatic rings. The minimum Gasteiger partial charge on any atom is -0.351 e. The number of carbonyl (C=O) groups excluding carboxylic acids is 2. The van der Waals surface area contributed by atoms with Crippen molar-refractivity contribution in [1.82, 2.24) is 5.32 Å². The smallest absolute Gasteiger partial charge is 0.289 e. The van der Waals surface area contributed by atoms with E-state index in [-0.39, 0.29) is 34.8 Å². The molecular weight excluding hydrogens is 396 g/mol. The van der Waals surface area contributed by atoms with Gasteiger partial charge in [-0.2, -0.15) is 0 Å². The Kier molecular flexibility index (Phi) is 8.11. The Hall–Kier alpha value is -2.97. The Balaban J connectivity index is 2.24. The van der Waals surface area contributed by atoms with Crippen LogP contribution in [0, 0.1) is 10.1 Å². The molecule has 2 atom stereocenters. The summed E-state index contributed by atoms with van der Waals surface area (Å²) in [7, 11) is 1.76. The van der Waals surface area contributed by atoms with Crippen LogP contribution in [-0.4, -0.2) is 36.9 Å². The van der Waals surface area contributed by atoms with Gasteiger partial charge in [0.25, 0.3) is 17.5 Å².